The molecule has 0 spiro atoms. The average Bonchev–Trinajstić information content (AvgIpc) is 3.24. The molecule has 5 heteroatoms. The lowest BCUT2D eigenvalue weighted by Crippen LogP contribution is -1.98. The minimum atomic E-state index is -0.228. The van der Waals surface area contributed by atoms with Gasteiger partial charge in [0, 0.05) is 35.0 Å². The van der Waals surface area contributed by atoms with Crippen LogP contribution in [-0.4, -0.2) is 20.7 Å². The molecule has 2 N–H and O–H groups in total. The van der Waals surface area contributed by atoms with Gasteiger partial charge in [-0.05, 0) is 49.2 Å². The maximum absolute atomic E-state index is 13.3. The van der Waals surface area contributed by atoms with E-state index >= 15 is 0 Å². The van der Waals surface area contributed by atoms with Crippen LogP contribution in [0.3, 0.4) is 0 Å². The minimum Gasteiger partial charge on any atom is -0.360 e. The third kappa shape index (κ3) is 4.30. The van der Waals surface area contributed by atoms with E-state index in [0.717, 1.165) is 51.7 Å². The second kappa shape index (κ2) is 8.38. The number of Topliss-reactive ketones (excluding diaryl/α,β-unsaturated/α-hetero) is 1. The van der Waals surface area contributed by atoms with Crippen LogP contribution >= 0.6 is 0 Å². The van der Waals surface area contributed by atoms with Crippen LogP contribution in [0.5, 0.6) is 0 Å². The molecular weight excluding hydrogens is 353 g/mol. The normalized spacial score (nSPS) is 11.1. The minimum absolute atomic E-state index is 0.213. The number of nitrogens with one attached hydrogen (secondary N) is 2. The predicted molar refractivity (Wildman–Crippen MR) is 113 cm³/mol. The summed E-state index contributed by atoms with van der Waals surface area (Å²) >= 11 is 0. The SMILES string of the molecule is CC(=O)C(C)C.CCCc1nc2ccc(-c3c[nH]c4cc(F)ccc34)cc2[nH]1. The molecule has 0 aliphatic heterocycles. The molecule has 146 valence electrons. The van der Waals surface area contributed by atoms with Crippen molar-refractivity contribution < 1.29 is 9.18 Å². The molecule has 0 aliphatic rings. The lowest BCUT2D eigenvalue weighted by Gasteiger charge is -2.00. The van der Waals surface area contributed by atoms with Gasteiger partial charge < -0.3 is 9.97 Å². The number of fused-ring (bicyclic) bond motifs is 2. The van der Waals surface area contributed by atoms with Gasteiger partial charge in [-0.25, -0.2) is 9.37 Å². The molecule has 28 heavy (non-hydrogen) atoms. The van der Waals surface area contributed by atoms with Crippen LogP contribution < -0.4 is 0 Å². The number of aromatic nitrogens is 3. The van der Waals surface area contributed by atoms with Crippen LogP contribution in [0.15, 0.2) is 42.6 Å². The van der Waals surface area contributed by atoms with E-state index < -0.39 is 0 Å². The van der Waals surface area contributed by atoms with Crippen LogP contribution in [-0.2, 0) is 11.2 Å². The third-order valence-electron chi connectivity index (χ3n) is 4.79. The molecule has 2 aromatic carbocycles. The number of benzene rings is 2. The van der Waals surface area contributed by atoms with E-state index in [1.54, 1.807) is 6.92 Å². The first-order valence-corrected chi connectivity index (χ1v) is 9.65. The van der Waals surface area contributed by atoms with E-state index in [2.05, 4.69) is 34.0 Å². The van der Waals surface area contributed by atoms with Crippen molar-refractivity contribution in [2.45, 2.75) is 40.5 Å². The van der Waals surface area contributed by atoms with Crippen molar-refractivity contribution in [1.82, 2.24) is 15.0 Å². The maximum Gasteiger partial charge on any atom is 0.132 e. The molecule has 4 rings (SSSR count). The van der Waals surface area contributed by atoms with Crippen molar-refractivity contribution in [3.05, 3.63) is 54.2 Å². The van der Waals surface area contributed by atoms with E-state index in [1.165, 1.54) is 12.1 Å². The topological polar surface area (TPSA) is 61.5 Å². The lowest BCUT2D eigenvalue weighted by atomic mass is 10.0. The lowest BCUT2D eigenvalue weighted by molar-refractivity contribution is -0.119. The Bertz CT molecular complexity index is 1110. The number of imidazole rings is 1. The summed E-state index contributed by atoms with van der Waals surface area (Å²) in [4.78, 5) is 21.2. The highest BCUT2D eigenvalue weighted by molar-refractivity contribution is 5.97. The summed E-state index contributed by atoms with van der Waals surface area (Å²) in [6, 6.07) is 11.0. The van der Waals surface area contributed by atoms with Crippen molar-refractivity contribution in [2.24, 2.45) is 5.92 Å². The molecule has 0 aliphatic carbocycles. The number of nitrogens with zero attached hydrogens (tertiary/aromatic N) is 1. The molecule has 2 aromatic heterocycles. The summed E-state index contributed by atoms with van der Waals surface area (Å²) < 4.78 is 13.3. The Balaban J connectivity index is 0.000000330. The number of hydrogen-bond acceptors (Lipinski definition) is 2. The smallest absolute Gasteiger partial charge is 0.132 e. The average molecular weight is 379 g/mol. The number of aryl methyl sites for hydroxylation is 1. The summed E-state index contributed by atoms with van der Waals surface area (Å²) in [5.41, 5.74) is 5.00. The molecule has 0 bridgehead atoms. The summed E-state index contributed by atoms with van der Waals surface area (Å²) in [7, 11) is 0. The van der Waals surface area contributed by atoms with Crippen LogP contribution in [0, 0.1) is 11.7 Å². The van der Waals surface area contributed by atoms with Crippen LogP contribution in [0.2, 0.25) is 0 Å². The first-order chi connectivity index (χ1) is 13.4. The zero-order chi connectivity index (χ0) is 20.3. The van der Waals surface area contributed by atoms with Gasteiger partial charge in [-0.2, -0.15) is 0 Å². The van der Waals surface area contributed by atoms with Gasteiger partial charge in [0.25, 0.3) is 0 Å². The predicted octanol–water partition coefficient (Wildman–Crippen LogP) is 6.03. The number of carbonyl (C=O) groups excluding carboxylic acids is 1. The molecule has 0 unspecified atom stereocenters. The monoisotopic (exact) mass is 379 g/mol. The highest BCUT2D eigenvalue weighted by atomic mass is 19.1. The maximum atomic E-state index is 13.3. The van der Waals surface area contributed by atoms with E-state index in [0.29, 0.717) is 0 Å². The highest BCUT2D eigenvalue weighted by Crippen LogP contribution is 2.30. The van der Waals surface area contributed by atoms with E-state index in [1.807, 2.05) is 32.2 Å². The first-order valence-electron chi connectivity index (χ1n) is 9.65. The molecule has 0 fully saturated rings. The Hall–Kier alpha value is -2.95. The number of aromatic amines is 2. The number of H-pyrrole nitrogens is 2. The van der Waals surface area contributed by atoms with Gasteiger partial charge in [0.05, 0.1) is 11.0 Å². The second-order valence-corrected chi connectivity index (χ2v) is 7.32. The van der Waals surface area contributed by atoms with Crippen LogP contribution in [0.1, 0.15) is 39.9 Å². The fraction of sp³-hybridized carbons (Fsp3) is 0.304. The van der Waals surface area contributed by atoms with Crippen LogP contribution in [0.4, 0.5) is 4.39 Å². The fourth-order valence-corrected chi connectivity index (χ4v) is 2.92. The Morgan fingerprint density at radius 3 is 2.57 bits per heavy atom. The molecule has 0 radical (unpaired) electrons. The molecule has 4 aromatic rings. The van der Waals surface area contributed by atoms with Gasteiger partial charge >= 0.3 is 0 Å². The summed E-state index contributed by atoms with van der Waals surface area (Å²) in [6.07, 6.45) is 3.95. The molecule has 2 heterocycles. The number of rotatable bonds is 4. The Labute approximate surface area is 164 Å². The summed E-state index contributed by atoms with van der Waals surface area (Å²) in [6.45, 7) is 7.53. The molecule has 0 atom stereocenters. The van der Waals surface area contributed by atoms with Crippen molar-refractivity contribution in [3.63, 3.8) is 0 Å². The van der Waals surface area contributed by atoms with Gasteiger partial charge in [-0.1, -0.05) is 26.8 Å². The summed E-state index contributed by atoms with van der Waals surface area (Å²) in [5.74, 6) is 1.27. The second-order valence-electron chi connectivity index (χ2n) is 7.32. The van der Waals surface area contributed by atoms with Crippen molar-refractivity contribution in [1.29, 1.82) is 0 Å². The highest BCUT2D eigenvalue weighted by Gasteiger charge is 2.09. The molecule has 4 nitrogen and oxygen atoms in total. The van der Waals surface area contributed by atoms with Gasteiger partial charge in [-0.3, -0.25) is 4.79 Å². The number of ketones is 1. The fourth-order valence-electron chi connectivity index (χ4n) is 2.92. The molecular formula is C23H26FN3O. The van der Waals surface area contributed by atoms with Crippen molar-refractivity contribution in [3.8, 4) is 11.1 Å². The summed E-state index contributed by atoms with van der Waals surface area (Å²) in [5, 5.41) is 1.02. The van der Waals surface area contributed by atoms with Crippen molar-refractivity contribution >= 4 is 27.7 Å². The van der Waals surface area contributed by atoms with Gasteiger partial charge in [0.15, 0.2) is 0 Å². The Morgan fingerprint density at radius 2 is 1.89 bits per heavy atom. The quantitative estimate of drug-likeness (QED) is 0.454. The third-order valence-corrected chi connectivity index (χ3v) is 4.79. The zero-order valence-corrected chi connectivity index (χ0v) is 16.8. The largest absolute Gasteiger partial charge is 0.360 e. The van der Waals surface area contributed by atoms with Gasteiger partial charge in [-0.15, -0.1) is 0 Å². The number of carbonyl (C=O) groups is 1. The Kier molecular flexibility index (Phi) is 5.93. The van der Waals surface area contributed by atoms with E-state index in [4.69, 9.17) is 0 Å². The van der Waals surface area contributed by atoms with Crippen LogP contribution in [0.25, 0.3) is 33.1 Å². The molecule has 0 saturated carbocycles. The number of hydrogen-bond donors (Lipinski definition) is 2. The first kappa shape index (κ1) is 19.8. The van der Waals surface area contributed by atoms with E-state index in [9.17, 15) is 9.18 Å². The van der Waals surface area contributed by atoms with Gasteiger partial charge in [0.2, 0.25) is 0 Å². The van der Waals surface area contributed by atoms with E-state index in [-0.39, 0.29) is 17.5 Å². The van der Waals surface area contributed by atoms with Crippen molar-refractivity contribution in [2.75, 3.05) is 0 Å². The standard InChI is InChI=1S/C18H16FN3.C5H10O/c1-2-3-18-21-15-7-4-11(8-17(15)22-18)14-10-20-16-9-12(19)5-6-13(14)16;1-4(2)5(3)6/h4-10,20H,2-3H2,1H3,(H,21,22);4H,1-3H3. The zero-order valence-electron chi connectivity index (χ0n) is 16.8. The number of halogens is 1. The Morgan fingerprint density at radius 1 is 1.14 bits per heavy atom. The van der Waals surface area contributed by atoms with Gasteiger partial charge in [0.1, 0.15) is 17.4 Å². The molecule has 0 amide bonds. The molecule has 0 saturated heterocycles.